The second-order valence-electron chi connectivity index (χ2n) is 11.8. The molecule has 2 rings (SSSR count). The van der Waals surface area contributed by atoms with Gasteiger partial charge < -0.3 is 26.6 Å². The number of nitrogens with one attached hydrogen (secondary N) is 3. The summed E-state index contributed by atoms with van der Waals surface area (Å²) in [6.07, 6.45) is 3.40. The third-order valence-corrected chi connectivity index (χ3v) is 6.70. The van der Waals surface area contributed by atoms with Crippen LogP contribution in [0.2, 0.25) is 0 Å². The number of urea groups is 1. The van der Waals surface area contributed by atoms with Crippen molar-refractivity contribution in [3.8, 4) is 0 Å². The van der Waals surface area contributed by atoms with Gasteiger partial charge in [0.2, 0.25) is 17.6 Å². The summed E-state index contributed by atoms with van der Waals surface area (Å²) in [5.41, 5.74) is 4.04. The van der Waals surface area contributed by atoms with Crippen molar-refractivity contribution in [3.63, 3.8) is 0 Å². The molecule has 0 radical (unpaired) electrons. The molecular formula is C24H40ClN5O5. The van der Waals surface area contributed by atoms with Crippen molar-refractivity contribution in [2.75, 3.05) is 6.54 Å². The van der Waals surface area contributed by atoms with Crippen molar-refractivity contribution in [2.24, 2.45) is 17.1 Å². The number of alkyl halides is 1. The molecule has 1 saturated heterocycles. The number of ketones is 1. The van der Waals surface area contributed by atoms with E-state index >= 15 is 0 Å². The first kappa shape index (κ1) is 28.9. The van der Waals surface area contributed by atoms with Crippen molar-refractivity contribution in [1.29, 1.82) is 0 Å². The molecule has 0 spiro atoms. The molecule has 198 valence electrons. The van der Waals surface area contributed by atoms with Gasteiger partial charge in [0, 0.05) is 12.1 Å². The Morgan fingerprint density at radius 1 is 1.03 bits per heavy atom. The Morgan fingerprint density at radius 2 is 1.63 bits per heavy atom. The molecule has 2 fully saturated rings. The maximum absolute atomic E-state index is 13.6. The summed E-state index contributed by atoms with van der Waals surface area (Å²) in [7, 11) is 0. The van der Waals surface area contributed by atoms with E-state index in [1.807, 2.05) is 41.5 Å². The smallest absolute Gasteiger partial charge is 0.315 e. The topological polar surface area (TPSA) is 151 Å². The number of nitrogens with zero attached hydrogens (tertiary/aromatic N) is 1. The number of carbonyl (C=O) groups excluding carboxylic acids is 5. The fourth-order valence-electron chi connectivity index (χ4n) is 4.33. The van der Waals surface area contributed by atoms with E-state index in [0.29, 0.717) is 6.42 Å². The summed E-state index contributed by atoms with van der Waals surface area (Å²) in [6.45, 7) is 11.0. The number of primary amides is 1. The molecule has 0 bridgehead atoms. The van der Waals surface area contributed by atoms with Gasteiger partial charge >= 0.3 is 6.03 Å². The maximum atomic E-state index is 13.6. The lowest BCUT2D eigenvalue weighted by Gasteiger charge is -2.36. The van der Waals surface area contributed by atoms with Crippen LogP contribution in [0.5, 0.6) is 0 Å². The predicted octanol–water partition coefficient (Wildman–Crippen LogP) is 1.44. The Morgan fingerprint density at radius 3 is 2.09 bits per heavy atom. The number of likely N-dealkylation sites (tertiary alicyclic amines) is 1. The van der Waals surface area contributed by atoms with Crippen LogP contribution in [-0.4, -0.2) is 70.0 Å². The van der Waals surface area contributed by atoms with E-state index < -0.39 is 64.0 Å². The van der Waals surface area contributed by atoms with Crippen LogP contribution in [0.3, 0.4) is 0 Å². The number of halogens is 1. The van der Waals surface area contributed by atoms with Crippen LogP contribution in [-0.2, 0) is 19.2 Å². The highest BCUT2D eigenvalue weighted by Gasteiger charge is 2.45. The minimum atomic E-state index is -1.11. The Bertz CT molecular complexity index is 846. The lowest BCUT2D eigenvalue weighted by molar-refractivity contribution is -0.143. The molecule has 4 atom stereocenters. The van der Waals surface area contributed by atoms with Gasteiger partial charge in [0.1, 0.15) is 12.1 Å². The van der Waals surface area contributed by atoms with Crippen molar-refractivity contribution < 1.29 is 24.0 Å². The number of hydrogen-bond acceptors (Lipinski definition) is 5. The third kappa shape index (κ3) is 8.08. The molecule has 1 saturated carbocycles. The zero-order chi connectivity index (χ0) is 26.7. The van der Waals surface area contributed by atoms with Gasteiger partial charge in [-0.25, -0.2) is 4.79 Å². The molecule has 0 aromatic heterocycles. The molecule has 2 aliphatic rings. The number of carbonyl (C=O) groups is 5. The fraction of sp³-hybridized carbons (Fsp3) is 0.792. The molecule has 5 N–H and O–H groups in total. The Labute approximate surface area is 212 Å². The van der Waals surface area contributed by atoms with E-state index in [-0.39, 0.29) is 18.9 Å². The first-order valence-electron chi connectivity index (χ1n) is 12.2. The molecule has 0 aromatic carbocycles. The summed E-state index contributed by atoms with van der Waals surface area (Å²) >= 11 is 6.35. The molecule has 0 aromatic rings. The first-order chi connectivity index (χ1) is 16.0. The average Bonchev–Trinajstić information content (AvgIpc) is 3.06. The van der Waals surface area contributed by atoms with Gasteiger partial charge in [-0.1, -0.05) is 40.0 Å². The number of Topliss-reactive ketones (excluding diaryl/α,β-unsaturated/α-hetero) is 1. The number of amides is 5. The minimum absolute atomic E-state index is 0.116. The summed E-state index contributed by atoms with van der Waals surface area (Å²) in [5.74, 6) is -2.72. The van der Waals surface area contributed by atoms with Crippen LogP contribution in [0.4, 0.5) is 4.79 Å². The van der Waals surface area contributed by atoms with Gasteiger partial charge in [0.25, 0.3) is 5.91 Å². The minimum Gasteiger partial charge on any atom is -0.363 e. The molecule has 1 heterocycles. The van der Waals surface area contributed by atoms with Crippen LogP contribution >= 0.6 is 11.6 Å². The normalized spacial score (nSPS) is 22.5. The van der Waals surface area contributed by atoms with Crippen molar-refractivity contribution in [3.05, 3.63) is 0 Å². The Kier molecular flexibility index (Phi) is 9.19. The zero-order valence-electron chi connectivity index (χ0n) is 21.6. The summed E-state index contributed by atoms with van der Waals surface area (Å²) < 4.78 is 0. The van der Waals surface area contributed by atoms with Gasteiger partial charge in [-0.05, 0) is 44.9 Å². The predicted molar refractivity (Wildman–Crippen MR) is 133 cm³/mol. The molecule has 5 amide bonds. The molecule has 11 heteroatoms. The Hall–Kier alpha value is -2.36. The van der Waals surface area contributed by atoms with Gasteiger partial charge in [0.15, 0.2) is 0 Å². The first-order valence-corrected chi connectivity index (χ1v) is 12.6. The molecule has 1 aliphatic heterocycles. The van der Waals surface area contributed by atoms with Crippen LogP contribution in [0.25, 0.3) is 0 Å². The van der Waals surface area contributed by atoms with Crippen molar-refractivity contribution in [1.82, 2.24) is 20.9 Å². The lowest BCUT2D eigenvalue weighted by Crippen LogP contribution is -2.61. The summed E-state index contributed by atoms with van der Waals surface area (Å²) in [6, 6.07) is -3.40. The van der Waals surface area contributed by atoms with E-state index in [4.69, 9.17) is 17.3 Å². The second-order valence-corrected chi connectivity index (χ2v) is 12.4. The van der Waals surface area contributed by atoms with Crippen molar-refractivity contribution in [2.45, 2.75) is 103 Å². The van der Waals surface area contributed by atoms with Crippen molar-refractivity contribution >= 4 is 41.1 Å². The van der Waals surface area contributed by atoms with Crippen LogP contribution in [0, 0.1) is 11.3 Å². The van der Waals surface area contributed by atoms with Gasteiger partial charge in [0.05, 0.1) is 11.4 Å². The standard InChI is InChI=1S/C24H40ClN5O5/c1-23(2,3)18(28-22(35)29-24(4,5)6)21(34)30-12-14(25)11-16(30)20(33)27-15(17(31)19(26)32)10-13-8-7-9-13/h13-16,18H,7-12H2,1-6H3,(H2,26,32)(H,27,33)(H2,28,29,35)/t14-,15?,16+,18-/m1/s1. The summed E-state index contributed by atoms with van der Waals surface area (Å²) in [5, 5.41) is 7.71. The second kappa shape index (κ2) is 11.1. The largest absolute Gasteiger partial charge is 0.363 e. The number of rotatable bonds is 8. The van der Waals surface area contributed by atoms with E-state index in [9.17, 15) is 24.0 Å². The molecule has 1 unspecified atom stereocenters. The van der Waals surface area contributed by atoms with Crippen LogP contribution < -0.4 is 21.7 Å². The third-order valence-electron chi connectivity index (χ3n) is 6.38. The van der Waals surface area contributed by atoms with Gasteiger partial charge in [-0.15, -0.1) is 11.6 Å². The fourth-order valence-corrected chi connectivity index (χ4v) is 4.65. The highest BCUT2D eigenvalue weighted by Crippen LogP contribution is 2.31. The molecule has 1 aliphatic carbocycles. The maximum Gasteiger partial charge on any atom is 0.315 e. The van der Waals surface area contributed by atoms with E-state index in [2.05, 4.69) is 16.0 Å². The number of nitrogens with two attached hydrogens (primary N) is 1. The van der Waals surface area contributed by atoms with E-state index in [1.54, 1.807) is 0 Å². The molecular weight excluding hydrogens is 474 g/mol. The van der Waals surface area contributed by atoms with Crippen LogP contribution in [0.15, 0.2) is 0 Å². The zero-order valence-corrected chi connectivity index (χ0v) is 22.3. The van der Waals surface area contributed by atoms with Crippen LogP contribution in [0.1, 0.15) is 73.6 Å². The monoisotopic (exact) mass is 513 g/mol. The molecule has 10 nitrogen and oxygen atoms in total. The highest BCUT2D eigenvalue weighted by molar-refractivity contribution is 6.37. The highest BCUT2D eigenvalue weighted by atomic mass is 35.5. The van der Waals surface area contributed by atoms with Gasteiger partial charge in [-0.3, -0.25) is 19.2 Å². The quantitative estimate of drug-likeness (QED) is 0.286. The molecule has 35 heavy (non-hydrogen) atoms. The SMILES string of the molecule is CC(C)(C)NC(=O)N[C@H](C(=O)N1C[C@H](Cl)C[C@H]1C(=O)NC(CC1CCC1)C(=O)C(N)=O)C(C)(C)C. The lowest BCUT2D eigenvalue weighted by atomic mass is 9.80. The van der Waals surface area contributed by atoms with E-state index in [0.717, 1.165) is 19.3 Å². The number of hydrogen-bond donors (Lipinski definition) is 4. The Balaban J connectivity index is 2.21. The summed E-state index contributed by atoms with van der Waals surface area (Å²) in [4.78, 5) is 64.7. The average molecular weight is 514 g/mol. The van der Waals surface area contributed by atoms with Gasteiger partial charge in [-0.2, -0.15) is 0 Å². The van der Waals surface area contributed by atoms with E-state index in [1.165, 1.54) is 4.90 Å².